The van der Waals surface area contributed by atoms with Gasteiger partial charge in [0, 0.05) is 11.1 Å². The molecule has 0 spiro atoms. The molecule has 0 saturated carbocycles. The summed E-state index contributed by atoms with van der Waals surface area (Å²) < 4.78 is 5.92. The van der Waals surface area contributed by atoms with Crippen LogP contribution in [0.15, 0.2) is 18.2 Å². The van der Waals surface area contributed by atoms with Gasteiger partial charge in [-0.1, -0.05) is 0 Å². The lowest BCUT2D eigenvalue weighted by Gasteiger charge is -2.43. The molecule has 0 radical (unpaired) electrons. The summed E-state index contributed by atoms with van der Waals surface area (Å²) in [4.78, 5) is 12.2. The van der Waals surface area contributed by atoms with Crippen LogP contribution in [0.3, 0.4) is 0 Å². The van der Waals surface area contributed by atoms with Crippen LogP contribution in [0.2, 0.25) is 0 Å². The van der Waals surface area contributed by atoms with Gasteiger partial charge in [-0.3, -0.25) is 0 Å². The third kappa shape index (κ3) is 3.74. The third-order valence-corrected chi connectivity index (χ3v) is 3.67. The maximum atomic E-state index is 12.2. The highest BCUT2D eigenvalue weighted by molar-refractivity contribution is 5.75. The van der Waals surface area contributed by atoms with Crippen LogP contribution in [0.1, 0.15) is 51.8 Å². The maximum absolute atomic E-state index is 12.2. The minimum atomic E-state index is -0.965. The van der Waals surface area contributed by atoms with Crippen LogP contribution < -0.4 is 15.4 Å². The molecule has 3 N–H and O–H groups in total. The Hall–Kier alpha value is -2.26. The summed E-state index contributed by atoms with van der Waals surface area (Å²) >= 11 is 0. The molecule has 1 aromatic carbocycles. The first-order chi connectivity index (χ1) is 10.5. The van der Waals surface area contributed by atoms with Gasteiger partial charge in [0.1, 0.15) is 17.5 Å². The van der Waals surface area contributed by atoms with Gasteiger partial charge in [-0.2, -0.15) is 5.26 Å². The molecule has 0 bridgehead atoms. The van der Waals surface area contributed by atoms with E-state index in [1.54, 1.807) is 32.0 Å². The van der Waals surface area contributed by atoms with Gasteiger partial charge in [-0.05, 0) is 52.8 Å². The Kier molecular flexibility index (Phi) is 4.27. The van der Waals surface area contributed by atoms with E-state index in [-0.39, 0.29) is 11.6 Å². The number of hydrogen-bond acceptors (Lipinski definition) is 4. The van der Waals surface area contributed by atoms with Crippen LogP contribution in [-0.4, -0.2) is 28.3 Å². The number of nitriles is 1. The van der Waals surface area contributed by atoms with Crippen molar-refractivity contribution in [3.8, 4) is 11.8 Å². The van der Waals surface area contributed by atoms with Gasteiger partial charge in [0.25, 0.3) is 0 Å². The second-order valence-electron chi connectivity index (χ2n) is 7.34. The molecular formula is C17H23N3O3. The van der Waals surface area contributed by atoms with E-state index in [0.717, 1.165) is 0 Å². The number of ether oxygens (including phenoxy) is 1. The molecule has 0 saturated heterocycles. The topological polar surface area (TPSA) is 94.4 Å². The van der Waals surface area contributed by atoms with Gasteiger partial charge in [0.05, 0.1) is 17.7 Å². The number of amides is 2. The van der Waals surface area contributed by atoms with Crippen molar-refractivity contribution < 1.29 is 14.6 Å². The Morgan fingerprint density at radius 3 is 2.61 bits per heavy atom. The van der Waals surface area contributed by atoms with Gasteiger partial charge in [-0.15, -0.1) is 0 Å². The number of rotatable bonds is 1. The zero-order valence-electron chi connectivity index (χ0n) is 14.1. The second-order valence-corrected chi connectivity index (χ2v) is 7.34. The molecule has 1 heterocycles. The van der Waals surface area contributed by atoms with Crippen LogP contribution in [0.4, 0.5) is 4.79 Å². The van der Waals surface area contributed by atoms with E-state index >= 15 is 0 Å². The van der Waals surface area contributed by atoms with Gasteiger partial charge in [-0.25, -0.2) is 4.79 Å². The van der Waals surface area contributed by atoms with Crippen LogP contribution in [-0.2, 0) is 0 Å². The Morgan fingerprint density at radius 1 is 1.39 bits per heavy atom. The minimum absolute atomic E-state index is 0.377. The molecule has 1 aliphatic rings. The zero-order chi connectivity index (χ0) is 17.4. The molecule has 6 heteroatoms. The zero-order valence-corrected chi connectivity index (χ0v) is 14.1. The van der Waals surface area contributed by atoms with E-state index in [2.05, 4.69) is 10.6 Å². The summed E-state index contributed by atoms with van der Waals surface area (Å²) in [5.41, 5.74) is -0.246. The fourth-order valence-electron chi connectivity index (χ4n) is 2.62. The predicted octanol–water partition coefficient (Wildman–Crippen LogP) is 2.23. The van der Waals surface area contributed by atoms with E-state index in [9.17, 15) is 9.90 Å². The van der Waals surface area contributed by atoms with Crippen molar-refractivity contribution in [2.24, 2.45) is 0 Å². The number of nitrogens with zero attached hydrogens (tertiary/aromatic N) is 1. The molecule has 2 atom stereocenters. The Bertz CT molecular complexity index is 656. The summed E-state index contributed by atoms with van der Waals surface area (Å²) in [7, 11) is 0. The number of fused-ring (bicyclic) bond motifs is 1. The molecular weight excluding hydrogens is 294 g/mol. The van der Waals surface area contributed by atoms with Crippen molar-refractivity contribution in [1.82, 2.24) is 10.6 Å². The van der Waals surface area contributed by atoms with Crippen molar-refractivity contribution in [3.05, 3.63) is 29.3 Å². The largest absolute Gasteiger partial charge is 0.485 e. The van der Waals surface area contributed by atoms with Gasteiger partial charge in [0.15, 0.2) is 0 Å². The molecule has 1 unspecified atom stereocenters. The highest BCUT2D eigenvalue weighted by atomic mass is 16.5. The molecule has 1 aromatic rings. The fourth-order valence-corrected chi connectivity index (χ4v) is 2.62. The van der Waals surface area contributed by atoms with Crippen molar-refractivity contribution in [3.63, 3.8) is 0 Å². The maximum Gasteiger partial charge on any atom is 0.315 e. The van der Waals surface area contributed by atoms with Crippen molar-refractivity contribution in [1.29, 1.82) is 5.26 Å². The number of aliphatic hydroxyl groups excluding tert-OH is 1. The molecule has 2 rings (SSSR count). The quantitative estimate of drug-likeness (QED) is 0.740. The molecule has 0 aromatic heterocycles. The van der Waals surface area contributed by atoms with E-state index < -0.39 is 17.7 Å². The van der Waals surface area contributed by atoms with E-state index in [4.69, 9.17) is 10.00 Å². The monoisotopic (exact) mass is 317 g/mol. The molecule has 0 aliphatic carbocycles. The molecule has 0 fully saturated rings. The van der Waals surface area contributed by atoms with Gasteiger partial charge < -0.3 is 20.5 Å². The highest BCUT2D eigenvalue weighted by Crippen LogP contribution is 2.40. The van der Waals surface area contributed by atoms with Gasteiger partial charge >= 0.3 is 6.03 Å². The molecule has 1 aliphatic heterocycles. The SMILES string of the molecule is CC(C)(C)NC(=O)N[C@H]1C(O)c2cc(C#N)ccc2OC1(C)C. The van der Waals surface area contributed by atoms with Gasteiger partial charge in [0.2, 0.25) is 0 Å². The number of carbonyl (C=O) groups excluding carboxylic acids is 1. The summed E-state index contributed by atoms with van der Waals surface area (Å²) in [6.07, 6.45) is -0.965. The van der Waals surface area contributed by atoms with Crippen LogP contribution in [0.5, 0.6) is 5.75 Å². The van der Waals surface area contributed by atoms with Crippen LogP contribution in [0, 0.1) is 11.3 Å². The Morgan fingerprint density at radius 2 is 2.04 bits per heavy atom. The lowest BCUT2D eigenvalue weighted by atomic mass is 9.85. The number of nitrogens with one attached hydrogen (secondary N) is 2. The Labute approximate surface area is 136 Å². The van der Waals surface area contributed by atoms with Crippen molar-refractivity contribution in [2.75, 3.05) is 0 Å². The summed E-state index contributed by atoms with van der Waals surface area (Å²) in [6, 6.07) is 5.92. The number of hydrogen-bond donors (Lipinski definition) is 3. The highest BCUT2D eigenvalue weighted by Gasteiger charge is 2.44. The summed E-state index contributed by atoms with van der Waals surface area (Å²) in [5.74, 6) is 0.524. The number of aliphatic hydroxyl groups is 1. The number of benzene rings is 1. The average molecular weight is 317 g/mol. The number of carbonyl (C=O) groups is 1. The first-order valence-electron chi connectivity index (χ1n) is 7.53. The predicted molar refractivity (Wildman–Crippen MR) is 86.0 cm³/mol. The smallest absolute Gasteiger partial charge is 0.315 e. The molecule has 23 heavy (non-hydrogen) atoms. The third-order valence-electron chi connectivity index (χ3n) is 3.67. The molecule has 2 amide bonds. The van der Waals surface area contributed by atoms with Crippen LogP contribution >= 0.6 is 0 Å². The van der Waals surface area contributed by atoms with Crippen molar-refractivity contribution >= 4 is 6.03 Å². The Balaban J connectivity index is 2.29. The normalized spacial score (nSPS) is 22.3. The fraction of sp³-hybridized carbons (Fsp3) is 0.529. The van der Waals surface area contributed by atoms with Crippen LogP contribution in [0.25, 0.3) is 0 Å². The van der Waals surface area contributed by atoms with Crippen molar-refractivity contribution in [2.45, 2.75) is 57.9 Å². The lowest BCUT2D eigenvalue weighted by molar-refractivity contribution is -0.0231. The standard InChI is InChI=1S/C17H23N3O3/c1-16(2,3)20-15(22)19-14-13(21)11-8-10(9-18)6-7-12(11)23-17(14,4)5/h6-8,13-14,21H,1-5H3,(H2,19,20,22)/t13?,14-/m0/s1. The first-order valence-corrected chi connectivity index (χ1v) is 7.53. The molecule has 124 valence electrons. The molecule has 6 nitrogen and oxygen atoms in total. The lowest BCUT2D eigenvalue weighted by Crippen LogP contribution is -2.61. The summed E-state index contributed by atoms with van der Waals surface area (Å²) in [6.45, 7) is 9.23. The average Bonchev–Trinajstić information content (AvgIpc) is 2.41. The second kappa shape index (κ2) is 5.74. The van der Waals surface area contributed by atoms with E-state index in [0.29, 0.717) is 16.9 Å². The van der Waals surface area contributed by atoms with E-state index in [1.165, 1.54) is 0 Å². The first kappa shape index (κ1) is 17.1. The van der Waals surface area contributed by atoms with E-state index in [1.807, 2.05) is 26.8 Å². The number of urea groups is 1. The minimum Gasteiger partial charge on any atom is -0.485 e. The summed E-state index contributed by atoms with van der Waals surface area (Å²) in [5, 5.41) is 25.3.